The van der Waals surface area contributed by atoms with E-state index in [2.05, 4.69) is 5.32 Å². The van der Waals surface area contributed by atoms with Gasteiger partial charge < -0.3 is 14.9 Å². The van der Waals surface area contributed by atoms with Crippen molar-refractivity contribution in [3.05, 3.63) is 0 Å². The summed E-state index contributed by atoms with van der Waals surface area (Å²) >= 11 is 0. The van der Waals surface area contributed by atoms with Crippen molar-refractivity contribution >= 4 is 23.9 Å². The van der Waals surface area contributed by atoms with E-state index in [1.54, 1.807) is 20.8 Å². The number of alkyl carbamates (subject to hydrolysis) is 1. The lowest BCUT2D eigenvalue weighted by Gasteiger charge is -2.27. The molecule has 0 aromatic heterocycles. The van der Waals surface area contributed by atoms with Gasteiger partial charge in [0.1, 0.15) is 11.6 Å². The first-order valence-electron chi connectivity index (χ1n) is 9.23. The quantitative estimate of drug-likeness (QED) is 0.748. The maximum absolute atomic E-state index is 12.5. The number of nitrogens with one attached hydrogen (secondary N) is 1. The van der Waals surface area contributed by atoms with Crippen LogP contribution in [-0.4, -0.2) is 40.6 Å². The lowest BCUT2D eigenvalue weighted by atomic mass is 9.85. The summed E-state index contributed by atoms with van der Waals surface area (Å²) < 4.78 is 5.21. The van der Waals surface area contributed by atoms with E-state index in [0.717, 1.165) is 25.7 Å². The molecule has 1 saturated heterocycles. The van der Waals surface area contributed by atoms with Crippen LogP contribution in [0, 0.1) is 5.92 Å². The standard InChI is InChI=1S/C18H28N2O6/c1-18(2,3)25-17(24)19-13(11-12-7-5-4-6-8-12)16(23)26-20-14(21)9-10-15(20)22/h12-13H,4-11H2,1-3H3,(H,19,24)/t13-/m1/s1. The van der Waals surface area contributed by atoms with Crippen molar-refractivity contribution in [2.24, 2.45) is 5.92 Å². The van der Waals surface area contributed by atoms with Crippen LogP contribution in [0.2, 0.25) is 0 Å². The first kappa shape index (κ1) is 20.2. The predicted octanol–water partition coefficient (Wildman–Crippen LogP) is 2.46. The van der Waals surface area contributed by atoms with Crippen LogP contribution in [0.3, 0.4) is 0 Å². The van der Waals surface area contributed by atoms with Crippen LogP contribution in [0.1, 0.15) is 72.1 Å². The number of rotatable bonds is 5. The van der Waals surface area contributed by atoms with E-state index in [1.165, 1.54) is 6.42 Å². The molecule has 26 heavy (non-hydrogen) atoms. The molecule has 146 valence electrons. The van der Waals surface area contributed by atoms with Gasteiger partial charge in [-0.2, -0.15) is 0 Å². The third kappa shape index (κ3) is 6.00. The summed E-state index contributed by atoms with van der Waals surface area (Å²) in [4.78, 5) is 52.9. The molecule has 1 heterocycles. The van der Waals surface area contributed by atoms with E-state index in [-0.39, 0.29) is 18.8 Å². The Morgan fingerprint density at radius 1 is 1.12 bits per heavy atom. The molecule has 0 bridgehead atoms. The number of nitrogens with zero attached hydrogens (tertiary/aromatic N) is 1. The highest BCUT2D eigenvalue weighted by Gasteiger charge is 2.36. The van der Waals surface area contributed by atoms with Crippen molar-refractivity contribution in [2.45, 2.75) is 83.8 Å². The van der Waals surface area contributed by atoms with E-state index in [0.29, 0.717) is 11.5 Å². The van der Waals surface area contributed by atoms with E-state index in [4.69, 9.17) is 9.57 Å². The Bertz CT molecular complexity index is 547. The first-order valence-corrected chi connectivity index (χ1v) is 9.23. The Morgan fingerprint density at radius 2 is 1.69 bits per heavy atom. The highest BCUT2D eigenvalue weighted by Crippen LogP contribution is 2.28. The smallest absolute Gasteiger partial charge is 0.408 e. The zero-order valence-corrected chi connectivity index (χ0v) is 15.7. The van der Waals surface area contributed by atoms with Gasteiger partial charge >= 0.3 is 12.1 Å². The largest absolute Gasteiger partial charge is 0.444 e. The van der Waals surface area contributed by atoms with Crippen molar-refractivity contribution in [2.75, 3.05) is 0 Å². The molecule has 1 aliphatic carbocycles. The van der Waals surface area contributed by atoms with E-state index < -0.39 is 35.5 Å². The second-order valence-electron chi connectivity index (χ2n) is 7.93. The lowest BCUT2D eigenvalue weighted by Crippen LogP contribution is -2.47. The average molecular weight is 368 g/mol. The number of amides is 3. The normalized spacial score (nSPS) is 20.0. The molecule has 1 saturated carbocycles. The summed E-state index contributed by atoms with van der Waals surface area (Å²) in [6.07, 6.45) is 5.01. The predicted molar refractivity (Wildman–Crippen MR) is 91.5 cm³/mol. The molecular weight excluding hydrogens is 340 g/mol. The maximum atomic E-state index is 12.5. The molecule has 0 aromatic rings. The second-order valence-corrected chi connectivity index (χ2v) is 7.93. The molecule has 8 nitrogen and oxygen atoms in total. The number of hydrogen-bond donors (Lipinski definition) is 1. The minimum atomic E-state index is -0.964. The maximum Gasteiger partial charge on any atom is 0.408 e. The molecule has 0 spiro atoms. The highest BCUT2D eigenvalue weighted by molar-refractivity contribution is 6.01. The number of carbonyl (C=O) groups excluding carboxylic acids is 4. The van der Waals surface area contributed by atoms with Gasteiger partial charge in [-0.15, -0.1) is 5.06 Å². The van der Waals surface area contributed by atoms with Crippen molar-refractivity contribution in [3.8, 4) is 0 Å². The fourth-order valence-electron chi connectivity index (χ4n) is 3.23. The van der Waals surface area contributed by atoms with Crippen molar-refractivity contribution in [1.82, 2.24) is 10.4 Å². The number of hydrogen-bond acceptors (Lipinski definition) is 6. The monoisotopic (exact) mass is 368 g/mol. The van der Waals surface area contributed by atoms with Crippen LogP contribution in [-0.2, 0) is 24.0 Å². The molecule has 0 radical (unpaired) electrons. The fourth-order valence-corrected chi connectivity index (χ4v) is 3.23. The van der Waals surface area contributed by atoms with Gasteiger partial charge in [0.05, 0.1) is 0 Å². The van der Waals surface area contributed by atoms with Crippen LogP contribution in [0.4, 0.5) is 4.79 Å². The molecule has 0 aromatic carbocycles. The minimum Gasteiger partial charge on any atom is -0.444 e. The molecular formula is C18H28N2O6. The lowest BCUT2D eigenvalue weighted by molar-refractivity contribution is -0.199. The molecule has 1 aliphatic heterocycles. The summed E-state index contributed by atoms with van der Waals surface area (Å²) in [5, 5.41) is 3.05. The summed E-state index contributed by atoms with van der Waals surface area (Å²) in [7, 11) is 0. The van der Waals surface area contributed by atoms with Gasteiger partial charge in [-0.25, -0.2) is 9.59 Å². The highest BCUT2D eigenvalue weighted by atomic mass is 16.7. The van der Waals surface area contributed by atoms with Crippen LogP contribution in [0.25, 0.3) is 0 Å². The van der Waals surface area contributed by atoms with Gasteiger partial charge in [0, 0.05) is 12.8 Å². The molecule has 2 rings (SSSR count). The Balaban J connectivity index is 2.02. The number of ether oxygens (including phenoxy) is 1. The van der Waals surface area contributed by atoms with E-state index in [9.17, 15) is 19.2 Å². The van der Waals surface area contributed by atoms with Crippen LogP contribution in [0.15, 0.2) is 0 Å². The Hall–Kier alpha value is -2.12. The van der Waals surface area contributed by atoms with Crippen LogP contribution >= 0.6 is 0 Å². The Kier molecular flexibility index (Phi) is 6.61. The topological polar surface area (TPSA) is 102 Å². The Morgan fingerprint density at radius 3 is 2.23 bits per heavy atom. The van der Waals surface area contributed by atoms with Gasteiger partial charge in [-0.05, 0) is 33.1 Å². The van der Waals surface area contributed by atoms with Gasteiger partial charge in [-0.1, -0.05) is 32.1 Å². The average Bonchev–Trinajstić information content (AvgIpc) is 2.85. The number of carbonyl (C=O) groups is 4. The SMILES string of the molecule is CC(C)(C)OC(=O)N[C@H](CC1CCCCC1)C(=O)ON1C(=O)CCC1=O. The first-order chi connectivity index (χ1) is 12.2. The third-order valence-corrected chi connectivity index (χ3v) is 4.46. The van der Waals surface area contributed by atoms with Crippen molar-refractivity contribution < 1.29 is 28.8 Å². The van der Waals surface area contributed by atoms with Gasteiger partial charge in [-0.3, -0.25) is 9.59 Å². The molecule has 1 N–H and O–H groups in total. The van der Waals surface area contributed by atoms with Crippen molar-refractivity contribution in [1.29, 1.82) is 0 Å². The summed E-state index contributed by atoms with van der Waals surface area (Å²) in [6.45, 7) is 5.17. The van der Waals surface area contributed by atoms with Gasteiger partial charge in [0.2, 0.25) is 0 Å². The summed E-state index contributed by atoms with van der Waals surface area (Å²) in [5.74, 6) is -1.62. The zero-order valence-electron chi connectivity index (χ0n) is 15.7. The van der Waals surface area contributed by atoms with Gasteiger partial charge in [0.15, 0.2) is 0 Å². The fraction of sp³-hybridized carbons (Fsp3) is 0.778. The Labute approximate surface area is 153 Å². The van der Waals surface area contributed by atoms with Gasteiger partial charge in [0.25, 0.3) is 11.8 Å². The van der Waals surface area contributed by atoms with Crippen LogP contribution in [0.5, 0.6) is 0 Å². The van der Waals surface area contributed by atoms with E-state index in [1.807, 2.05) is 0 Å². The zero-order chi connectivity index (χ0) is 19.3. The summed E-state index contributed by atoms with van der Waals surface area (Å²) in [6, 6.07) is -0.964. The molecule has 2 aliphatic rings. The molecule has 0 unspecified atom stereocenters. The minimum absolute atomic E-state index is 0.0267. The number of imide groups is 1. The van der Waals surface area contributed by atoms with Crippen molar-refractivity contribution in [3.63, 3.8) is 0 Å². The molecule has 3 amide bonds. The molecule has 8 heteroatoms. The summed E-state index contributed by atoms with van der Waals surface area (Å²) in [5.41, 5.74) is -0.704. The number of hydroxylamine groups is 2. The third-order valence-electron chi connectivity index (χ3n) is 4.46. The van der Waals surface area contributed by atoms with E-state index >= 15 is 0 Å². The molecule has 1 atom stereocenters. The van der Waals surface area contributed by atoms with Crippen LogP contribution < -0.4 is 5.32 Å². The second kappa shape index (κ2) is 8.51. The molecule has 2 fully saturated rings.